The van der Waals surface area contributed by atoms with Crippen molar-refractivity contribution in [3.63, 3.8) is 0 Å². The van der Waals surface area contributed by atoms with Gasteiger partial charge in [-0.25, -0.2) is 4.98 Å². The van der Waals surface area contributed by atoms with Gasteiger partial charge < -0.3 is 110 Å². The number of carbonyl (C=O) groups excluding carboxylic acids is 13. The zero-order valence-electron chi connectivity index (χ0n) is 56.9. The lowest BCUT2D eigenvalue weighted by atomic mass is 10.0. The summed E-state index contributed by atoms with van der Waals surface area (Å²) in [5, 5.41) is 98.7. The number of phenolic OH excluding ortho intramolecular Hbond substituents is 1. The maximum Gasteiger partial charge on any atom is 0.305 e. The molecule has 0 fully saturated rings. The molecule has 101 heavy (non-hydrogen) atoms. The number of aromatic amines is 1. The number of rotatable bonds is 43. The largest absolute Gasteiger partial charge is 0.508 e. The highest BCUT2D eigenvalue weighted by Gasteiger charge is 2.39. The number of carboxylic acids is 2. The third kappa shape index (κ3) is 29.1. The SMILES string of the molecule is CC(C)C[C@@H]([C]=O)NC(=O)[C@H](Cc1ccc(O)cc1)NC(=O)[C@H](CO)NC(=O)[C@@H](NC(=O)[C@H](CC(=O)O)NC(=O)[C@H](CO)NC(=O)[C@@H](NC(=O)[C@H](Cc1ccccc1)NC(=O)[C@@H](NC(=O)CNC(=O)[C@H](CCC(=O)O)NC(=O)C(C)(C)NC(=O)[C@@H](N)Cc1c[nH]cn1)[C@@H](C)O)[C@@H](C)O)C(C)C. The normalized spacial score (nSPS) is 15.2. The minimum Gasteiger partial charge on any atom is -0.508 e. The lowest BCUT2D eigenvalue weighted by Gasteiger charge is -2.29. The smallest absolute Gasteiger partial charge is 0.305 e. The molecule has 3 rings (SSSR count). The van der Waals surface area contributed by atoms with Crippen molar-refractivity contribution in [3.8, 4) is 5.75 Å². The molecular weight excluding hydrogens is 1330 g/mol. The Labute approximate surface area is 580 Å². The summed E-state index contributed by atoms with van der Waals surface area (Å²) in [6, 6.07) is -5.25. The highest BCUT2D eigenvalue weighted by molar-refractivity contribution is 6.00. The average Bonchev–Trinajstić information content (AvgIpc) is 1.74. The summed E-state index contributed by atoms with van der Waals surface area (Å²) in [6.07, 6.45) is -1.74. The van der Waals surface area contributed by atoms with Crippen LogP contribution in [0.2, 0.25) is 0 Å². The predicted octanol–water partition coefficient (Wildman–Crippen LogP) is -6.77. The fourth-order valence-corrected chi connectivity index (χ4v) is 9.54. The van der Waals surface area contributed by atoms with E-state index in [1.54, 1.807) is 38.3 Å². The van der Waals surface area contributed by atoms with E-state index in [9.17, 15) is 108 Å². The van der Waals surface area contributed by atoms with E-state index in [1.165, 1.54) is 76.6 Å². The quantitative estimate of drug-likeness (QED) is 0.0250. The van der Waals surface area contributed by atoms with Crippen LogP contribution in [0.25, 0.3) is 0 Å². The predicted molar refractivity (Wildman–Crippen MR) is 353 cm³/mol. The molecular formula is C64H92N15O22. The van der Waals surface area contributed by atoms with Crippen LogP contribution in [-0.4, -0.2) is 239 Å². The molecule has 1 radical (unpaired) electrons. The van der Waals surface area contributed by atoms with E-state index in [0.717, 1.165) is 13.8 Å². The summed E-state index contributed by atoms with van der Waals surface area (Å²) in [5.74, 6) is -17.7. The average molecular weight is 1420 g/mol. The number of aromatic hydroxyl groups is 1. The molecule has 0 aliphatic rings. The first-order valence-electron chi connectivity index (χ1n) is 32.0. The highest BCUT2D eigenvalue weighted by Crippen LogP contribution is 2.15. The zero-order chi connectivity index (χ0) is 76.0. The third-order valence-electron chi connectivity index (χ3n) is 15.1. The number of H-pyrrole nitrogens is 1. The lowest BCUT2D eigenvalue weighted by Crippen LogP contribution is -2.63. The Morgan fingerprint density at radius 2 is 1.02 bits per heavy atom. The standard InChI is InChI=1S/C64H92N15O22/c1-31(2)20-38(27-80)69-55(93)42(22-36-14-16-39(85)17-15-36)70-58(96)45(28-81)73-60(98)50(32(3)4)77-57(95)44(24-49(89)90)71-59(97)46(29-82)74-62(100)52(34(6)84)78-56(94)43(21-35-12-10-9-11-13-35)72-61(99)51(33(5)83)76-47(86)26-67-54(92)41(18-19-48(87)88)75-63(101)64(7,8)79-53(91)40(65)23-37-25-66-30-68-37/h9-17,25,30-34,38,40-46,50-52,81-85H,18-24,26,28-29,65H2,1-8H3,(H,66,68)(H,67,92)(H,69,93)(H,70,96)(H,71,97)(H,72,99)(H,73,98)(H,74,100)(H,75,101)(H,76,86)(H,77,95)(H,78,94)(H,79,91)(H,87,88)(H,89,90)/t33-,34-,38+,40+,41+,42+,43+,44+,45+,46+,50+,51+,52+/m1/s1. The van der Waals surface area contributed by atoms with Gasteiger partial charge in [0.15, 0.2) is 0 Å². The van der Waals surface area contributed by atoms with E-state index in [4.69, 9.17) is 5.73 Å². The number of amides is 12. The van der Waals surface area contributed by atoms with Gasteiger partial charge in [0.1, 0.15) is 65.7 Å². The molecule has 555 valence electrons. The topological polar surface area (TPSA) is 597 Å². The maximum atomic E-state index is 14.2. The maximum absolute atomic E-state index is 14.2. The molecule has 3 aromatic rings. The summed E-state index contributed by atoms with van der Waals surface area (Å²) >= 11 is 0. The highest BCUT2D eigenvalue weighted by atomic mass is 16.4. The van der Waals surface area contributed by atoms with E-state index in [0.29, 0.717) is 16.8 Å². The van der Waals surface area contributed by atoms with Crippen molar-refractivity contribution in [2.45, 2.75) is 185 Å². The monoisotopic (exact) mass is 1420 g/mol. The lowest BCUT2D eigenvalue weighted by molar-refractivity contribution is -0.142. The van der Waals surface area contributed by atoms with Crippen molar-refractivity contribution in [1.82, 2.24) is 73.8 Å². The number of phenols is 1. The van der Waals surface area contributed by atoms with Crippen LogP contribution in [0, 0.1) is 11.8 Å². The van der Waals surface area contributed by atoms with Crippen LogP contribution in [-0.2, 0) is 91.2 Å². The molecule has 37 heteroatoms. The van der Waals surface area contributed by atoms with Gasteiger partial charge in [0.05, 0.1) is 62.5 Å². The molecule has 22 N–H and O–H groups in total. The van der Waals surface area contributed by atoms with Crippen LogP contribution in [0.1, 0.15) is 97.9 Å². The van der Waals surface area contributed by atoms with Crippen molar-refractivity contribution in [1.29, 1.82) is 0 Å². The van der Waals surface area contributed by atoms with E-state index in [1.807, 2.05) is 0 Å². The Morgan fingerprint density at radius 3 is 1.50 bits per heavy atom. The minimum atomic E-state index is -2.09. The Balaban J connectivity index is 1.77. The molecule has 2 aromatic carbocycles. The van der Waals surface area contributed by atoms with Crippen molar-refractivity contribution in [2.75, 3.05) is 19.8 Å². The van der Waals surface area contributed by atoms with E-state index in [2.05, 4.69) is 73.8 Å². The van der Waals surface area contributed by atoms with Crippen LogP contribution < -0.4 is 69.5 Å². The molecule has 12 amide bonds. The van der Waals surface area contributed by atoms with Gasteiger partial charge in [0.2, 0.25) is 77.2 Å². The fraction of sp³-hybridized carbons (Fsp3) is 0.531. The number of carboxylic acid groups (broad SMARTS) is 2. The minimum absolute atomic E-state index is 0.00862. The number of hydrogen-bond donors (Lipinski definition) is 21. The first-order valence-corrected chi connectivity index (χ1v) is 32.0. The number of imidazole rings is 1. The zero-order valence-corrected chi connectivity index (χ0v) is 56.9. The van der Waals surface area contributed by atoms with Gasteiger partial charge in [-0.05, 0) is 75.6 Å². The summed E-state index contributed by atoms with van der Waals surface area (Å²) in [7, 11) is 0. The van der Waals surface area contributed by atoms with Gasteiger partial charge in [0.25, 0.3) is 0 Å². The molecule has 13 atom stereocenters. The number of nitrogens with zero attached hydrogens (tertiary/aromatic N) is 1. The van der Waals surface area contributed by atoms with Gasteiger partial charge in [0, 0.05) is 31.9 Å². The Hall–Kier alpha value is -10.5. The number of nitrogens with two attached hydrogens (primary N) is 1. The van der Waals surface area contributed by atoms with E-state index >= 15 is 0 Å². The van der Waals surface area contributed by atoms with Crippen LogP contribution in [0.4, 0.5) is 0 Å². The molecule has 37 nitrogen and oxygen atoms in total. The van der Waals surface area contributed by atoms with Crippen molar-refractivity contribution in [3.05, 3.63) is 83.9 Å². The van der Waals surface area contributed by atoms with Gasteiger partial charge in [-0.2, -0.15) is 0 Å². The molecule has 1 aromatic heterocycles. The Morgan fingerprint density at radius 1 is 0.545 bits per heavy atom. The first-order chi connectivity index (χ1) is 47.4. The van der Waals surface area contributed by atoms with Crippen molar-refractivity contribution >= 4 is 89.1 Å². The molecule has 0 spiro atoms. The number of aliphatic hydroxyl groups excluding tert-OH is 4. The number of benzene rings is 2. The number of aliphatic carboxylic acids is 2. The summed E-state index contributed by atoms with van der Waals surface area (Å²) in [4.78, 5) is 206. The Kier molecular flexibility index (Phi) is 34.5. The summed E-state index contributed by atoms with van der Waals surface area (Å²) < 4.78 is 0. The summed E-state index contributed by atoms with van der Waals surface area (Å²) in [6.45, 7) is 7.76. The summed E-state index contributed by atoms with van der Waals surface area (Å²) in [5.41, 5.74) is 5.52. The number of carbonyl (C=O) groups is 14. The Bertz CT molecular complexity index is 3340. The number of aliphatic hydroxyl groups is 4. The number of aromatic nitrogens is 2. The molecule has 0 unspecified atom stereocenters. The van der Waals surface area contributed by atoms with Gasteiger partial charge in [-0.15, -0.1) is 0 Å². The first kappa shape index (κ1) is 84.7. The second kappa shape index (κ2) is 41.2. The van der Waals surface area contributed by atoms with E-state index in [-0.39, 0.29) is 37.4 Å². The second-order valence-corrected chi connectivity index (χ2v) is 25.0. The van der Waals surface area contributed by atoms with Crippen LogP contribution in [0.3, 0.4) is 0 Å². The number of hydrogen-bond acceptors (Lipinski definition) is 22. The second-order valence-electron chi connectivity index (χ2n) is 25.0. The van der Waals surface area contributed by atoms with E-state index < -0.39 is 212 Å². The number of nitrogens with one attached hydrogen (secondary N) is 13. The third-order valence-corrected chi connectivity index (χ3v) is 15.1. The molecule has 0 saturated carbocycles. The molecule has 0 aliphatic carbocycles. The fourth-order valence-electron chi connectivity index (χ4n) is 9.54. The molecule has 0 saturated heterocycles. The van der Waals surface area contributed by atoms with Crippen molar-refractivity contribution < 1.29 is 108 Å². The van der Waals surface area contributed by atoms with Crippen LogP contribution in [0.5, 0.6) is 5.75 Å². The van der Waals surface area contributed by atoms with Gasteiger partial charge in [-0.3, -0.25) is 71.9 Å². The van der Waals surface area contributed by atoms with Crippen LogP contribution >= 0.6 is 0 Å². The molecule has 0 bridgehead atoms. The van der Waals surface area contributed by atoms with Gasteiger partial charge >= 0.3 is 11.9 Å². The molecule has 0 aliphatic heterocycles. The van der Waals surface area contributed by atoms with Gasteiger partial charge in [-0.1, -0.05) is 70.2 Å². The van der Waals surface area contributed by atoms with Crippen LogP contribution in [0.15, 0.2) is 67.1 Å². The molecule has 1 heterocycles. The van der Waals surface area contributed by atoms with Crippen molar-refractivity contribution in [2.24, 2.45) is 17.6 Å².